The minimum atomic E-state index is -0.581. The van der Waals surface area contributed by atoms with Crippen LogP contribution < -0.4 is 10.6 Å². The van der Waals surface area contributed by atoms with E-state index in [9.17, 15) is 9.59 Å². The number of benzene rings is 2. The van der Waals surface area contributed by atoms with E-state index in [2.05, 4.69) is 10.6 Å². The van der Waals surface area contributed by atoms with Gasteiger partial charge in [-0.1, -0.05) is 44.2 Å². The lowest BCUT2D eigenvalue weighted by atomic mass is 10.0. The fourth-order valence-electron chi connectivity index (χ4n) is 2.86. The molecule has 4 heteroatoms. The van der Waals surface area contributed by atoms with E-state index in [-0.39, 0.29) is 17.7 Å². The molecule has 0 spiro atoms. The maximum absolute atomic E-state index is 12.8. The van der Waals surface area contributed by atoms with Gasteiger partial charge in [0.1, 0.15) is 6.04 Å². The molecule has 0 radical (unpaired) electrons. The summed E-state index contributed by atoms with van der Waals surface area (Å²) >= 11 is 0. The number of aryl methyl sites for hydroxylation is 3. The smallest absolute Gasteiger partial charge is 0.252 e. The predicted molar refractivity (Wildman–Crippen MR) is 106 cm³/mol. The second kappa shape index (κ2) is 8.65. The van der Waals surface area contributed by atoms with Crippen LogP contribution in [0.1, 0.15) is 47.3 Å². The SMILES string of the molecule is Cc1ccc(C)c(NC(=O)C(CC(C)C)NC(=O)c2ccccc2C)c1. The number of amides is 2. The summed E-state index contributed by atoms with van der Waals surface area (Å²) in [4.78, 5) is 25.5. The largest absolute Gasteiger partial charge is 0.340 e. The lowest BCUT2D eigenvalue weighted by molar-refractivity contribution is -0.118. The Balaban J connectivity index is 2.18. The van der Waals surface area contributed by atoms with Gasteiger partial charge < -0.3 is 10.6 Å². The maximum Gasteiger partial charge on any atom is 0.252 e. The van der Waals surface area contributed by atoms with Gasteiger partial charge in [0, 0.05) is 11.3 Å². The van der Waals surface area contributed by atoms with E-state index in [1.165, 1.54) is 0 Å². The monoisotopic (exact) mass is 352 g/mol. The molecule has 1 unspecified atom stereocenters. The Morgan fingerprint density at radius 2 is 1.65 bits per heavy atom. The third-order valence-electron chi connectivity index (χ3n) is 4.37. The molecule has 4 nitrogen and oxygen atoms in total. The van der Waals surface area contributed by atoms with Gasteiger partial charge in [0.15, 0.2) is 0 Å². The van der Waals surface area contributed by atoms with Crippen LogP contribution in [0.5, 0.6) is 0 Å². The standard InChI is InChI=1S/C22H28N2O2/c1-14(2)12-20(24-21(25)18-9-7-6-8-16(18)4)22(26)23-19-13-15(3)10-11-17(19)5/h6-11,13-14,20H,12H2,1-5H3,(H,23,26)(H,24,25). The molecule has 0 saturated heterocycles. The zero-order valence-corrected chi connectivity index (χ0v) is 16.2. The average molecular weight is 352 g/mol. The van der Waals surface area contributed by atoms with Gasteiger partial charge in [0.05, 0.1) is 0 Å². The van der Waals surface area contributed by atoms with E-state index in [1.807, 2.05) is 71.0 Å². The van der Waals surface area contributed by atoms with E-state index >= 15 is 0 Å². The molecule has 2 rings (SSSR count). The van der Waals surface area contributed by atoms with Crippen molar-refractivity contribution in [1.82, 2.24) is 5.32 Å². The maximum atomic E-state index is 12.8. The Morgan fingerprint density at radius 1 is 0.962 bits per heavy atom. The lowest BCUT2D eigenvalue weighted by Gasteiger charge is -2.21. The summed E-state index contributed by atoms with van der Waals surface area (Å²) in [7, 11) is 0. The molecule has 0 bridgehead atoms. The van der Waals surface area contributed by atoms with Crippen LogP contribution in [0.25, 0.3) is 0 Å². The Hall–Kier alpha value is -2.62. The predicted octanol–water partition coefficient (Wildman–Crippen LogP) is 4.40. The normalized spacial score (nSPS) is 11.9. The molecule has 2 aromatic carbocycles. The molecule has 138 valence electrons. The molecule has 0 saturated carbocycles. The Morgan fingerprint density at radius 3 is 2.31 bits per heavy atom. The van der Waals surface area contributed by atoms with Gasteiger partial charge in [-0.25, -0.2) is 0 Å². The molecule has 0 aromatic heterocycles. The highest BCUT2D eigenvalue weighted by Gasteiger charge is 2.23. The van der Waals surface area contributed by atoms with E-state index in [1.54, 1.807) is 6.07 Å². The van der Waals surface area contributed by atoms with Crippen LogP contribution >= 0.6 is 0 Å². The van der Waals surface area contributed by atoms with Crippen molar-refractivity contribution >= 4 is 17.5 Å². The molecule has 0 fully saturated rings. The van der Waals surface area contributed by atoms with Gasteiger partial charge in [0.2, 0.25) is 5.91 Å². The van der Waals surface area contributed by atoms with Crippen molar-refractivity contribution in [1.29, 1.82) is 0 Å². The van der Waals surface area contributed by atoms with Crippen molar-refractivity contribution < 1.29 is 9.59 Å². The molecule has 2 aromatic rings. The summed E-state index contributed by atoms with van der Waals surface area (Å²) in [6, 6.07) is 12.7. The molecule has 26 heavy (non-hydrogen) atoms. The van der Waals surface area contributed by atoms with Gasteiger partial charge in [0.25, 0.3) is 5.91 Å². The van der Waals surface area contributed by atoms with E-state index < -0.39 is 6.04 Å². The number of hydrogen-bond acceptors (Lipinski definition) is 2. The summed E-state index contributed by atoms with van der Waals surface area (Å²) in [6.45, 7) is 9.91. The third-order valence-corrected chi connectivity index (χ3v) is 4.37. The summed E-state index contributed by atoms with van der Waals surface area (Å²) in [6.07, 6.45) is 0.578. The number of nitrogens with one attached hydrogen (secondary N) is 2. The zero-order chi connectivity index (χ0) is 19.3. The van der Waals surface area contributed by atoms with Crippen molar-refractivity contribution in [2.45, 2.75) is 47.1 Å². The molecule has 0 heterocycles. The fraction of sp³-hybridized carbons (Fsp3) is 0.364. The first-order valence-corrected chi connectivity index (χ1v) is 9.02. The van der Waals surface area contributed by atoms with Crippen molar-refractivity contribution in [2.75, 3.05) is 5.32 Å². The van der Waals surface area contributed by atoms with Crippen LogP contribution in [0.2, 0.25) is 0 Å². The van der Waals surface area contributed by atoms with Crippen LogP contribution in [0.3, 0.4) is 0 Å². The van der Waals surface area contributed by atoms with Crippen LogP contribution in [-0.2, 0) is 4.79 Å². The first-order valence-electron chi connectivity index (χ1n) is 9.02. The van der Waals surface area contributed by atoms with E-state index in [4.69, 9.17) is 0 Å². The molecular formula is C22H28N2O2. The molecular weight excluding hydrogens is 324 g/mol. The topological polar surface area (TPSA) is 58.2 Å². The van der Waals surface area contributed by atoms with Crippen LogP contribution in [0.15, 0.2) is 42.5 Å². The minimum Gasteiger partial charge on any atom is -0.340 e. The number of carbonyl (C=O) groups is 2. The van der Waals surface area contributed by atoms with Gasteiger partial charge in [-0.3, -0.25) is 9.59 Å². The lowest BCUT2D eigenvalue weighted by Crippen LogP contribution is -2.44. The zero-order valence-electron chi connectivity index (χ0n) is 16.2. The second-order valence-corrected chi connectivity index (χ2v) is 7.28. The van der Waals surface area contributed by atoms with Gasteiger partial charge in [-0.15, -0.1) is 0 Å². The average Bonchev–Trinajstić information content (AvgIpc) is 2.57. The molecule has 2 amide bonds. The van der Waals surface area contributed by atoms with Crippen LogP contribution in [-0.4, -0.2) is 17.9 Å². The molecule has 1 atom stereocenters. The third kappa shape index (κ3) is 5.19. The Bertz CT molecular complexity index is 796. The molecule has 0 aliphatic carbocycles. The van der Waals surface area contributed by atoms with Crippen molar-refractivity contribution in [3.8, 4) is 0 Å². The molecule has 0 aliphatic rings. The van der Waals surface area contributed by atoms with E-state index in [0.29, 0.717) is 12.0 Å². The summed E-state index contributed by atoms with van der Waals surface area (Å²) in [5.74, 6) is -0.124. The van der Waals surface area contributed by atoms with Gasteiger partial charge >= 0.3 is 0 Å². The molecule has 2 N–H and O–H groups in total. The van der Waals surface area contributed by atoms with Crippen LogP contribution in [0.4, 0.5) is 5.69 Å². The molecule has 0 aliphatic heterocycles. The number of carbonyl (C=O) groups excluding carboxylic acids is 2. The fourth-order valence-corrected chi connectivity index (χ4v) is 2.86. The summed E-state index contributed by atoms with van der Waals surface area (Å²) in [5.41, 5.74) is 4.35. The van der Waals surface area contributed by atoms with Crippen molar-refractivity contribution in [2.24, 2.45) is 5.92 Å². The quantitative estimate of drug-likeness (QED) is 0.810. The number of hydrogen-bond donors (Lipinski definition) is 2. The number of anilines is 1. The highest BCUT2D eigenvalue weighted by Crippen LogP contribution is 2.18. The summed E-state index contributed by atoms with van der Waals surface area (Å²) in [5, 5.41) is 5.88. The van der Waals surface area contributed by atoms with Gasteiger partial charge in [-0.2, -0.15) is 0 Å². The highest BCUT2D eigenvalue weighted by molar-refractivity contribution is 6.02. The first kappa shape index (κ1) is 19.7. The Kier molecular flexibility index (Phi) is 6.56. The van der Waals surface area contributed by atoms with Gasteiger partial charge in [-0.05, 0) is 61.9 Å². The second-order valence-electron chi connectivity index (χ2n) is 7.28. The first-order chi connectivity index (χ1) is 12.3. The number of rotatable bonds is 6. The summed E-state index contributed by atoms with van der Waals surface area (Å²) < 4.78 is 0. The van der Waals surface area contributed by atoms with E-state index in [0.717, 1.165) is 22.4 Å². The minimum absolute atomic E-state index is 0.186. The Labute approximate surface area is 156 Å². The highest BCUT2D eigenvalue weighted by atomic mass is 16.2. The van der Waals surface area contributed by atoms with Crippen molar-refractivity contribution in [3.63, 3.8) is 0 Å². The van der Waals surface area contributed by atoms with Crippen LogP contribution in [0, 0.1) is 26.7 Å². The van der Waals surface area contributed by atoms with Crippen molar-refractivity contribution in [3.05, 3.63) is 64.7 Å².